The van der Waals surface area contributed by atoms with E-state index in [4.69, 9.17) is 16.3 Å². The van der Waals surface area contributed by atoms with Crippen molar-refractivity contribution in [2.24, 2.45) is 0 Å². The molecule has 0 aliphatic rings. The van der Waals surface area contributed by atoms with Crippen LogP contribution in [0.15, 0.2) is 94.8 Å². The van der Waals surface area contributed by atoms with E-state index in [1.54, 1.807) is 79.1 Å². The van der Waals surface area contributed by atoms with Gasteiger partial charge in [0.2, 0.25) is 0 Å². The molecule has 9 nitrogen and oxygen atoms in total. The molecular formula is C26H18ClN5O4. The third kappa shape index (κ3) is 5.01. The fourth-order valence-electron chi connectivity index (χ4n) is 3.61. The molecule has 5 aromatic rings. The molecule has 2 heterocycles. The summed E-state index contributed by atoms with van der Waals surface area (Å²) in [7, 11) is 0. The largest absolute Gasteiger partial charge is 0.424 e. The minimum atomic E-state index is -0.553. The van der Waals surface area contributed by atoms with Gasteiger partial charge in [-0.25, -0.2) is 14.8 Å². The van der Waals surface area contributed by atoms with Crippen molar-refractivity contribution in [3.8, 4) is 11.8 Å². The van der Waals surface area contributed by atoms with Gasteiger partial charge in [0.15, 0.2) is 0 Å². The number of nitrogens with zero attached hydrogens (tertiary/aromatic N) is 3. The van der Waals surface area contributed by atoms with Crippen LogP contribution < -0.4 is 21.3 Å². The van der Waals surface area contributed by atoms with Crippen LogP contribution in [-0.2, 0) is 6.54 Å². The van der Waals surface area contributed by atoms with E-state index in [0.29, 0.717) is 33.1 Å². The van der Waals surface area contributed by atoms with Gasteiger partial charge in [-0.05, 0) is 66.2 Å². The fourth-order valence-corrected chi connectivity index (χ4v) is 3.74. The van der Waals surface area contributed by atoms with Crippen LogP contribution in [-0.4, -0.2) is 25.4 Å². The molecule has 0 bridgehead atoms. The Morgan fingerprint density at radius 1 is 0.972 bits per heavy atom. The van der Waals surface area contributed by atoms with Crippen LogP contribution in [0.5, 0.6) is 11.8 Å². The summed E-state index contributed by atoms with van der Waals surface area (Å²) in [6.45, 7) is 0.00163. The number of fused-ring (bicyclic) bond motifs is 1. The number of ether oxygens (including phenoxy) is 1. The highest BCUT2D eigenvalue weighted by molar-refractivity contribution is 6.30. The Labute approximate surface area is 209 Å². The predicted octanol–water partition coefficient (Wildman–Crippen LogP) is 4.23. The standard InChI is InChI=1S/C26H18ClN5O4/c27-18-7-5-17(6-8-18)23(33)30-19-4-1-3-16(13-19)15-32-24(34)21-14-20(9-10-22(21)31-26(32)35)36-25-28-11-2-12-29-25/h1-14H,15H2,(H,30,33)(H,31,35). The topological polar surface area (TPSA) is 119 Å². The number of carbonyl (C=O) groups excluding carboxylic acids is 1. The summed E-state index contributed by atoms with van der Waals surface area (Å²) in [5, 5.41) is 3.62. The Bertz CT molecular complexity index is 1680. The summed E-state index contributed by atoms with van der Waals surface area (Å²) < 4.78 is 6.70. The highest BCUT2D eigenvalue weighted by Crippen LogP contribution is 2.20. The van der Waals surface area contributed by atoms with Gasteiger partial charge in [0, 0.05) is 28.7 Å². The second-order valence-electron chi connectivity index (χ2n) is 7.82. The Hall–Kier alpha value is -4.76. The lowest BCUT2D eigenvalue weighted by Crippen LogP contribution is -2.35. The van der Waals surface area contributed by atoms with E-state index < -0.39 is 11.2 Å². The molecule has 0 saturated carbocycles. The van der Waals surface area contributed by atoms with Gasteiger partial charge in [-0.1, -0.05) is 23.7 Å². The van der Waals surface area contributed by atoms with E-state index in [9.17, 15) is 14.4 Å². The predicted molar refractivity (Wildman–Crippen MR) is 136 cm³/mol. The minimum Gasteiger partial charge on any atom is -0.424 e. The summed E-state index contributed by atoms with van der Waals surface area (Å²) in [6, 6.07) is 20.0. The molecule has 0 spiro atoms. The average Bonchev–Trinajstić information content (AvgIpc) is 2.88. The summed E-state index contributed by atoms with van der Waals surface area (Å²) in [4.78, 5) is 49.2. The van der Waals surface area contributed by atoms with E-state index in [-0.39, 0.29) is 23.8 Å². The van der Waals surface area contributed by atoms with Crippen LogP contribution in [0.2, 0.25) is 5.02 Å². The summed E-state index contributed by atoms with van der Waals surface area (Å²) in [5.74, 6) is 0.0516. The lowest BCUT2D eigenvalue weighted by Gasteiger charge is -2.10. The molecule has 36 heavy (non-hydrogen) atoms. The average molecular weight is 500 g/mol. The van der Waals surface area contributed by atoms with E-state index in [1.807, 2.05) is 0 Å². The number of hydrogen-bond acceptors (Lipinski definition) is 6. The molecular weight excluding hydrogens is 482 g/mol. The van der Waals surface area contributed by atoms with Crippen LogP contribution in [0.3, 0.4) is 0 Å². The Morgan fingerprint density at radius 2 is 1.75 bits per heavy atom. The molecule has 2 aromatic heterocycles. The number of anilines is 1. The molecule has 2 N–H and O–H groups in total. The zero-order chi connectivity index (χ0) is 25.1. The molecule has 0 radical (unpaired) electrons. The molecule has 10 heteroatoms. The maximum atomic E-state index is 13.2. The molecule has 0 aliphatic carbocycles. The van der Waals surface area contributed by atoms with Gasteiger partial charge in [0.25, 0.3) is 11.5 Å². The number of aromatic nitrogens is 4. The van der Waals surface area contributed by atoms with E-state index in [0.717, 1.165) is 4.57 Å². The van der Waals surface area contributed by atoms with Crippen molar-refractivity contribution >= 4 is 34.1 Å². The lowest BCUT2D eigenvalue weighted by molar-refractivity contribution is 0.102. The maximum absolute atomic E-state index is 13.2. The van der Waals surface area contributed by atoms with Crippen molar-refractivity contribution in [2.45, 2.75) is 6.54 Å². The third-order valence-electron chi connectivity index (χ3n) is 5.34. The van der Waals surface area contributed by atoms with Gasteiger partial charge < -0.3 is 15.0 Å². The van der Waals surface area contributed by atoms with Crippen molar-refractivity contribution in [3.05, 3.63) is 122 Å². The van der Waals surface area contributed by atoms with Gasteiger partial charge in [0.1, 0.15) is 5.75 Å². The van der Waals surface area contributed by atoms with Crippen molar-refractivity contribution in [3.63, 3.8) is 0 Å². The van der Waals surface area contributed by atoms with Gasteiger partial charge in [-0.15, -0.1) is 0 Å². The number of aromatic amines is 1. The third-order valence-corrected chi connectivity index (χ3v) is 5.59. The first-order valence-electron chi connectivity index (χ1n) is 10.8. The highest BCUT2D eigenvalue weighted by Gasteiger charge is 2.12. The number of nitrogens with one attached hydrogen (secondary N) is 2. The zero-order valence-corrected chi connectivity index (χ0v) is 19.4. The van der Waals surface area contributed by atoms with E-state index in [2.05, 4.69) is 20.3 Å². The first-order valence-corrected chi connectivity index (χ1v) is 11.2. The number of amides is 1. The molecule has 0 saturated heterocycles. The summed E-state index contributed by atoms with van der Waals surface area (Å²) in [6.07, 6.45) is 3.08. The molecule has 1 amide bonds. The number of benzene rings is 3. The lowest BCUT2D eigenvalue weighted by atomic mass is 10.1. The van der Waals surface area contributed by atoms with Gasteiger partial charge in [0.05, 0.1) is 17.4 Å². The minimum absolute atomic E-state index is 0.00163. The highest BCUT2D eigenvalue weighted by atomic mass is 35.5. The van der Waals surface area contributed by atoms with Crippen molar-refractivity contribution in [2.75, 3.05) is 5.32 Å². The smallest absolute Gasteiger partial charge is 0.329 e. The Morgan fingerprint density at radius 3 is 2.53 bits per heavy atom. The zero-order valence-electron chi connectivity index (χ0n) is 18.6. The molecule has 0 aliphatic heterocycles. The first-order chi connectivity index (χ1) is 17.5. The number of carbonyl (C=O) groups is 1. The van der Waals surface area contributed by atoms with Crippen LogP contribution in [0.25, 0.3) is 10.9 Å². The number of H-pyrrole nitrogens is 1. The first kappa shape index (κ1) is 23.0. The number of hydrogen-bond donors (Lipinski definition) is 2. The van der Waals surface area contributed by atoms with E-state index in [1.165, 1.54) is 6.07 Å². The number of rotatable bonds is 6. The second-order valence-corrected chi connectivity index (χ2v) is 8.26. The Kier molecular flexibility index (Phi) is 6.29. The van der Waals surface area contributed by atoms with Crippen LogP contribution in [0, 0.1) is 0 Å². The van der Waals surface area contributed by atoms with Crippen molar-refractivity contribution in [1.82, 2.24) is 19.5 Å². The van der Waals surface area contributed by atoms with Crippen LogP contribution >= 0.6 is 11.6 Å². The quantitative estimate of drug-likeness (QED) is 0.361. The van der Waals surface area contributed by atoms with Crippen molar-refractivity contribution < 1.29 is 9.53 Å². The van der Waals surface area contributed by atoms with Gasteiger partial charge in [-0.2, -0.15) is 0 Å². The van der Waals surface area contributed by atoms with Gasteiger partial charge in [-0.3, -0.25) is 14.2 Å². The van der Waals surface area contributed by atoms with Crippen LogP contribution in [0.4, 0.5) is 5.69 Å². The van der Waals surface area contributed by atoms with Crippen LogP contribution in [0.1, 0.15) is 15.9 Å². The second kappa shape index (κ2) is 9.85. The normalized spacial score (nSPS) is 10.8. The summed E-state index contributed by atoms with van der Waals surface area (Å²) in [5.41, 5.74) is 0.974. The Balaban J connectivity index is 1.41. The maximum Gasteiger partial charge on any atom is 0.329 e. The summed E-state index contributed by atoms with van der Waals surface area (Å²) >= 11 is 5.88. The van der Waals surface area contributed by atoms with E-state index >= 15 is 0 Å². The molecule has 3 aromatic carbocycles. The SMILES string of the molecule is O=C(Nc1cccc(Cn2c(=O)[nH]c3ccc(Oc4ncccn4)cc3c2=O)c1)c1ccc(Cl)cc1. The molecule has 0 unspecified atom stereocenters. The molecule has 0 fully saturated rings. The van der Waals surface area contributed by atoms with Gasteiger partial charge >= 0.3 is 11.7 Å². The monoisotopic (exact) mass is 499 g/mol. The molecule has 178 valence electrons. The molecule has 0 atom stereocenters. The van der Waals surface area contributed by atoms with Crippen molar-refractivity contribution in [1.29, 1.82) is 0 Å². The molecule has 5 rings (SSSR count). The number of halogens is 1. The fraction of sp³-hybridized carbons (Fsp3) is 0.0385.